The monoisotopic (exact) mass is 375 g/mol. The molecule has 4 nitrogen and oxygen atoms in total. The number of methoxy groups -OCH3 is 1. The molecule has 2 aromatic rings. The van der Waals surface area contributed by atoms with Gasteiger partial charge >= 0.3 is 0 Å². The van der Waals surface area contributed by atoms with Crippen LogP contribution in [-0.2, 0) is 16.4 Å². The van der Waals surface area contributed by atoms with Crippen molar-refractivity contribution in [1.82, 2.24) is 4.72 Å². The number of nitrogens with one attached hydrogen (secondary N) is 1. The van der Waals surface area contributed by atoms with Crippen LogP contribution in [0.25, 0.3) is 0 Å². The van der Waals surface area contributed by atoms with E-state index in [9.17, 15) is 8.42 Å². The topological polar surface area (TPSA) is 55.4 Å². The van der Waals surface area contributed by atoms with Gasteiger partial charge in [-0.15, -0.1) is 0 Å². The van der Waals surface area contributed by atoms with E-state index in [1.54, 1.807) is 26.2 Å². The lowest BCUT2D eigenvalue weighted by molar-refractivity contribution is 0.406. The van der Waals surface area contributed by atoms with Gasteiger partial charge < -0.3 is 4.74 Å². The van der Waals surface area contributed by atoms with Crippen molar-refractivity contribution in [3.8, 4) is 5.75 Å². The van der Waals surface area contributed by atoms with Crippen molar-refractivity contribution in [3.63, 3.8) is 0 Å². The Bertz CT molecular complexity index is 830. The maximum Gasteiger partial charge on any atom is 0.241 e. The summed E-state index contributed by atoms with van der Waals surface area (Å²) in [4.78, 5) is 0.327. The number of hydrogen-bond acceptors (Lipinski definition) is 3. The molecule has 0 aliphatic heterocycles. The lowest BCUT2D eigenvalue weighted by atomic mass is 10.0. The minimum absolute atomic E-state index is 0.149. The Labute approximate surface area is 157 Å². The van der Waals surface area contributed by atoms with Crippen LogP contribution in [0.2, 0.25) is 0 Å². The van der Waals surface area contributed by atoms with E-state index in [4.69, 9.17) is 4.74 Å². The summed E-state index contributed by atoms with van der Waals surface area (Å²) in [6.45, 7) is 7.76. The second-order valence-corrected chi connectivity index (χ2v) is 8.74. The average molecular weight is 376 g/mol. The second-order valence-electron chi connectivity index (χ2n) is 7.06. The molecule has 1 atom stereocenters. The van der Waals surface area contributed by atoms with Crippen molar-refractivity contribution < 1.29 is 13.2 Å². The first-order valence-electron chi connectivity index (χ1n) is 8.99. The number of hydrogen-bond donors (Lipinski definition) is 1. The van der Waals surface area contributed by atoms with Crippen LogP contribution >= 0.6 is 0 Å². The number of aryl methyl sites for hydroxylation is 2. The molecule has 0 aliphatic rings. The SMILES string of the molecule is COc1cc(C)c(S(=O)(=O)N[C@H](C)CCc2ccccc2)cc1C(C)C. The van der Waals surface area contributed by atoms with E-state index in [0.29, 0.717) is 10.5 Å². The normalized spacial score (nSPS) is 13.0. The summed E-state index contributed by atoms with van der Waals surface area (Å²) < 4.78 is 34.0. The minimum Gasteiger partial charge on any atom is -0.496 e. The van der Waals surface area contributed by atoms with Crippen molar-refractivity contribution in [2.45, 2.75) is 57.4 Å². The number of ether oxygens (including phenoxy) is 1. The van der Waals surface area contributed by atoms with Crippen LogP contribution < -0.4 is 9.46 Å². The summed E-state index contributed by atoms with van der Waals surface area (Å²) in [5.74, 6) is 0.906. The summed E-state index contributed by atoms with van der Waals surface area (Å²) in [7, 11) is -1.97. The van der Waals surface area contributed by atoms with Crippen molar-refractivity contribution in [2.75, 3.05) is 7.11 Å². The number of benzene rings is 2. The summed E-state index contributed by atoms with van der Waals surface area (Å²) in [6.07, 6.45) is 1.58. The van der Waals surface area contributed by atoms with Crippen LogP contribution in [0.4, 0.5) is 0 Å². The molecule has 1 N–H and O–H groups in total. The number of rotatable bonds is 8. The van der Waals surface area contributed by atoms with E-state index in [0.717, 1.165) is 24.2 Å². The van der Waals surface area contributed by atoms with Gasteiger partial charge in [-0.2, -0.15) is 0 Å². The third-order valence-corrected chi connectivity index (χ3v) is 6.24. The van der Waals surface area contributed by atoms with Crippen molar-refractivity contribution >= 4 is 10.0 Å². The number of sulfonamides is 1. The Morgan fingerprint density at radius 3 is 2.31 bits per heavy atom. The average Bonchev–Trinajstić information content (AvgIpc) is 2.59. The van der Waals surface area contributed by atoms with Gasteiger partial charge in [-0.3, -0.25) is 0 Å². The largest absolute Gasteiger partial charge is 0.496 e. The van der Waals surface area contributed by atoms with Crippen LogP contribution in [0.15, 0.2) is 47.4 Å². The van der Waals surface area contributed by atoms with Gasteiger partial charge in [0.15, 0.2) is 0 Å². The molecule has 0 unspecified atom stereocenters. The van der Waals surface area contributed by atoms with Gasteiger partial charge in [-0.1, -0.05) is 44.2 Å². The first kappa shape index (κ1) is 20.5. The Morgan fingerprint density at radius 1 is 1.08 bits per heavy atom. The molecule has 0 saturated carbocycles. The quantitative estimate of drug-likeness (QED) is 0.743. The zero-order valence-electron chi connectivity index (χ0n) is 16.2. The van der Waals surface area contributed by atoms with E-state index in [1.807, 2.05) is 39.0 Å². The Morgan fingerprint density at radius 2 is 1.73 bits per heavy atom. The molecule has 0 bridgehead atoms. The highest BCUT2D eigenvalue weighted by atomic mass is 32.2. The highest BCUT2D eigenvalue weighted by Gasteiger charge is 2.22. The van der Waals surface area contributed by atoms with Crippen LogP contribution in [0.3, 0.4) is 0 Å². The summed E-state index contributed by atoms with van der Waals surface area (Å²) in [5.41, 5.74) is 2.80. The Kier molecular flexibility index (Phi) is 6.84. The van der Waals surface area contributed by atoms with E-state index in [-0.39, 0.29) is 12.0 Å². The molecule has 2 aromatic carbocycles. The summed E-state index contributed by atoms with van der Waals surface area (Å²) in [5, 5.41) is 0. The first-order chi connectivity index (χ1) is 12.2. The molecule has 0 saturated heterocycles. The minimum atomic E-state index is -3.58. The predicted molar refractivity (Wildman–Crippen MR) is 106 cm³/mol. The molecule has 0 aliphatic carbocycles. The predicted octanol–water partition coefficient (Wildman–Crippen LogP) is 4.43. The molecule has 0 spiro atoms. The third-order valence-electron chi connectivity index (χ3n) is 4.50. The highest BCUT2D eigenvalue weighted by Crippen LogP contribution is 2.31. The molecule has 2 rings (SSSR count). The van der Waals surface area contributed by atoms with Gasteiger partial charge in [0.1, 0.15) is 5.75 Å². The van der Waals surface area contributed by atoms with Gasteiger partial charge in [-0.25, -0.2) is 13.1 Å². The van der Waals surface area contributed by atoms with Gasteiger partial charge in [0.2, 0.25) is 10.0 Å². The Balaban J connectivity index is 2.17. The maximum absolute atomic E-state index is 12.9. The van der Waals surface area contributed by atoms with Crippen molar-refractivity contribution in [1.29, 1.82) is 0 Å². The van der Waals surface area contributed by atoms with Crippen molar-refractivity contribution in [3.05, 3.63) is 59.2 Å². The van der Waals surface area contributed by atoms with Crippen LogP contribution in [0.5, 0.6) is 5.75 Å². The lowest BCUT2D eigenvalue weighted by Crippen LogP contribution is -2.33. The smallest absolute Gasteiger partial charge is 0.241 e. The summed E-state index contributed by atoms with van der Waals surface area (Å²) in [6, 6.07) is 13.5. The van der Waals surface area contributed by atoms with Gasteiger partial charge in [0, 0.05) is 6.04 Å². The molecule has 0 aromatic heterocycles. The fourth-order valence-electron chi connectivity index (χ4n) is 3.01. The fraction of sp³-hybridized carbons (Fsp3) is 0.429. The summed E-state index contributed by atoms with van der Waals surface area (Å²) >= 11 is 0. The van der Waals surface area contributed by atoms with Crippen LogP contribution in [-0.4, -0.2) is 21.6 Å². The molecule has 0 fully saturated rings. The zero-order valence-corrected chi connectivity index (χ0v) is 17.1. The highest BCUT2D eigenvalue weighted by molar-refractivity contribution is 7.89. The standard InChI is InChI=1S/C21H29NO3S/c1-15(2)19-14-21(16(3)13-20(19)25-5)26(23,24)22-17(4)11-12-18-9-7-6-8-10-18/h6-10,13-15,17,22H,11-12H2,1-5H3/t17-/m1/s1. The fourth-order valence-corrected chi connectivity index (χ4v) is 4.55. The van der Waals surface area contributed by atoms with Gasteiger partial charge in [0.05, 0.1) is 12.0 Å². The molecule has 0 amide bonds. The van der Waals surface area contributed by atoms with E-state index in [1.165, 1.54) is 5.56 Å². The Hall–Kier alpha value is -1.85. The third kappa shape index (κ3) is 5.08. The molecular formula is C21H29NO3S. The molecule has 26 heavy (non-hydrogen) atoms. The maximum atomic E-state index is 12.9. The molecule has 5 heteroatoms. The van der Waals surface area contributed by atoms with E-state index in [2.05, 4.69) is 16.9 Å². The molecule has 142 valence electrons. The van der Waals surface area contributed by atoms with E-state index >= 15 is 0 Å². The van der Waals surface area contributed by atoms with Gasteiger partial charge in [-0.05, 0) is 61.4 Å². The molecule has 0 heterocycles. The van der Waals surface area contributed by atoms with Crippen molar-refractivity contribution in [2.24, 2.45) is 0 Å². The molecular weight excluding hydrogens is 346 g/mol. The zero-order chi connectivity index (χ0) is 19.3. The second kappa shape index (κ2) is 8.69. The van der Waals surface area contributed by atoms with E-state index < -0.39 is 10.0 Å². The lowest BCUT2D eigenvalue weighted by Gasteiger charge is -2.19. The first-order valence-corrected chi connectivity index (χ1v) is 10.5. The van der Waals surface area contributed by atoms with Crippen LogP contribution in [0, 0.1) is 6.92 Å². The van der Waals surface area contributed by atoms with Crippen LogP contribution in [0.1, 0.15) is 49.8 Å². The van der Waals surface area contributed by atoms with Gasteiger partial charge in [0.25, 0.3) is 0 Å². The molecule has 0 radical (unpaired) electrons.